The van der Waals surface area contributed by atoms with Gasteiger partial charge in [-0.25, -0.2) is 8.78 Å². The molecule has 0 saturated heterocycles. The second-order valence-electron chi connectivity index (χ2n) is 5.40. The maximum Gasteiger partial charge on any atom is 0.313 e. The number of anilines is 1. The SMILES string of the molecule is CC(O)(CNC(=O)C(=O)Nc1ccc(F)cc1F)c1ccccc1. The van der Waals surface area contributed by atoms with Gasteiger partial charge in [-0.1, -0.05) is 30.3 Å². The zero-order valence-corrected chi connectivity index (χ0v) is 12.8. The largest absolute Gasteiger partial charge is 0.384 e. The van der Waals surface area contributed by atoms with E-state index >= 15 is 0 Å². The van der Waals surface area contributed by atoms with Gasteiger partial charge < -0.3 is 15.7 Å². The zero-order chi connectivity index (χ0) is 17.7. The summed E-state index contributed by atoms with van der Waals surface area (Å²) in [6.45, 7) is 1.27. The fourth-order valence-corrected chi connectivity index (χ4v) is 2.00. The van der Waals surface area contributed by atoms with E-state index < -0.39 is 29.0 Å². The summed E-state index contributed by atoms with van der Waals surface area (Å²) in [5.74, 6) is -3.96. The van der Waals surface area contributed by atoms with Crippen molar-refractivity contribution in [2.75, 3.05) is 11.9 Å². The molecule has 0 aliphatic carbocycles. The number of halogens is 2. The minimum atomic E-state index is -1.38. The van der Waals surface area contributed by atoms with E-state index in [1.807, 2.05) is 5.32 Å². The summed E-state index contributed by atoms with van der Waals surface area (Å²) in [5, 5.41) is 14.6. The van der Waals surface area contributed by atoms with Crippen LogP contribution in [0.25, 0.3) is 0 Å². The molecular weight excluding hydrogens is 318 g/mol. The highest BCUT2D eigenvalue weighted by Crippen LogP contribution is 2.19. The first-order valence-electron chi connectivity index (χ1n) is 7.12. The Labute approximate surface area is 137 Å². The van der Waals surface area contributed by atoms with Crippen LogP contribution in [0.15, 0.2) is 48.5 Å². The Hall–Kier alpha value is -2.80. The molecule has 0 bridgehead atoms. The molecular formula is C17H16F2N2O3. The van der Waals surface area contributed by atoms with Gasteiger partial charge in [0.25, 0.3) is 0 Å². The Morgan fingerprint density at radius 2 is 1.75 bits per heavy atom. The van der Waals surface area contributed by atoms with Crippen molar-refractivity contribution in [3.05, 3.63) is 65.7 Å². The molecule has 2 amide bonds. The lowest BCUT2D eigenvalue weighted by Gasteiger charge is -2.24. The molecule has 0 aliphatic rings. The molecule has 126 valence electrons. The monoisotopic (exact) mass is 334 g/mol. The molecule has 1 atom stereocenters. The van der Waals surface area contributed by atoms with Crippen molar-refractivity contribution in [1.82, 2.24) is 5.32 Å². The van der Waals surface area contributed by atoms with Gasteiger partial charge in [0.05, 0.1) is 12.2 Å². The third kappa shape index (κ3) is 4.36. The number of nitrogens with one attached hydrogen (secondary N) is 2. The van der Waals surface area contributed by atoms with Crippen LogP contribution < -0.4 is 10.6 Å². The number of benzene rings is 2. The molecule has 3 N–H and O–H groups in total. The maximum atomic E-state index is 13.4. The average molecular weight is 334 g/mol. The molecule has 0 heterocycles. The summed E-state index contributed by atoms with van der Waals surface area (Å²) in [6.07, 6.45) is 0. The fraction of sp³-hybridized carbons (Fsp3) is 0.176. The summed E-state index contributed by atoms with van der Waals surface area (Å²) in [5.41, 5.74) is -1.13. The molecule has 0 aromatic heterocycles. The highest BCUT2D eigenvalue weighted by atomic mass is 19.1. The van der Waals surface area contributed by atoms with Crippen molar-refractivity contribution >= 4 is 17.5 Å². The normalized spacial score (nSPS) is 13.0. The Morgan fingerprint density at radius 3 is 2.38 bits per heavy atom. The van der Waals surface area contributed by atoms with Crippen molar-refractivity contribution in [2.24, 2.45) is 0 Å². The van der Waals surface area contributed by atoms with Gasteiger partial charge in [-0.05, 0) is 24.6 Å². The number of aliphatic hydroxyl groups is 1. The predicted octanol–water partition coefficient (Wildman–Crippen LogP) is 1.93. The topological polar surface area (TPSA) is 78.4 Å². The van der Waals surface area contributed by atoms with E-state index in [2.05, 4.69) is 5.32 Å². The fourth-order valence-electron chi connectivity index (χ4n) is 2.00. The molecule has 2 rings (SSSR count). The quantitative estimate of drug-likeness (QED) is 0.748. The van der Waals surface area contributed by atoms with E-state index in [1.165, 1.54) is 6.92 Å². The van der Waals surface area contributed by atoms with Crippen LogP contribution in [0, 0.1) is 11.6 Å². The maximum absolute atomic E-state index is 13.4. The van der Waals surface area contributed by atoms with E-state index in [4.69, 9.17) is 0 Å². The van der Waals surface area contributed by atoms with Crippen LogP contribution in [0.4, 0.5) is 14.5 Å². The van der Waals surface area contributed by atoms with Gasteiger partial charge in [0, 0.05) is 6.07 Å². The van der Waals surface area contributed by atoms with Gasteiger partial charge in [-0.2, -0.15) is 0 Å². The van der Waals surface area contributed by atoms with E-state index in [0.717, 1.165) is 12.1 Å². The van der Waals surface area contributed by atoms with Gasteiger partial charge in [0.2, 0.25) is 0 Å². The first-order chi connectivity index (χ1) is 11.3. The second kappa shape index (κ2) is 7.18. The summed E-state index contributed by atoms with van der Waals surface area (Å²) >= 11 is 0. The molecule has 0 fully saturated rings. The van der Waals surface area contributed by atoms with Crippen molar-refractivity contribution in [3.8, 4) is 0 Å². The van der Waals surface area contributed by atoms with E-state index in [9.17, 15) is 23.5 Å². The van der Waals surface area contributed by atoms with Crippen molar-refractivity contribution in [1.29, 1.82) is 0 Å². The lowest BCUT2D eigenvalue weighted by molar-refractivity contribution is -0.136. The van der Waals surface area contributed by atoms with Crippen LogP contribution in [0.3, 0.4) is 0 Å². The molecule has 2 aromatic rings. The Balaban J connectivity index is 1.95. The minimum absolute atomic E-state index is 0.213. The molecule has 0 aliphatic heterocycles. The molecule has 7 heteroatoms. The number of hydrogen-bond acceptors (Lipinski definition) is 3. The lowest BCUT2D eigenvalue weighted by Crippen LogP contribution is -2.43. The zero-order valence-electron chi connectivity index (χ0n) is 12.8. The number of carbonyl (C=O) groups is 2. The van der Waals surface area contributed by atoms with E-state index in [1.54, 1.807) is 30.3 Å². The summed E-state index contributed by atoms with van der Waals surface area (Å²) in [7, 11) is 0. The average Bonchev–Trinajstić information content (AvgIpc) is 2.56. The van der Waals surface area contributed by atoms with E-state index in [0.29, 0.717) is 11.6 Å². The van der Waals surface area contributed by atoms with Crippen LogP contribution >= 0.6 is 0 Å². The van der Waals surface area contributed by atoms with Gasteiger partial charge in [0.1, 0.15) is 17.2 Å². The van der Waals surface area contributed by atoms with Crippen LogP contribution in [0.2, 0.25) is 0 Å². The summed E-state index contributed by atoms with van der Waals surface area (Å²) in [4.78, 5) is 23.5. The molecule has 1 unspecified atom stereocenters. The van der Waals surface area contributed by atoms with Crippen LogP contribution in [0.1, 0.15) is 12.5 Å². The van der Waals surface area contributed by atoms with Crippen molar-refractivity contribution in [2.45, 2.75) is 12.5 Å². The Kier molecular flexibility index (Phi) is 5.25. The van der Waals surface area contributed by atoms with Crippen LogP contribution in [-0.4, -0.2) is 23.5 Å². The predicted molar refractivity (Wildman–Crippen MR) is 84.0 cm³/mol. The second-order valence-corrected chi connectivity index (χ2v) is 5.40. The van der Waals surface area contributed by atoms with E-state index in [-0.39, 0.29) is 12.2 Å². The highest BCUT2D eigenvalue weighted by molar-refractivity contribution is 6.39. The number of rotatable bonds is 4. The summed E-state index contributed by atoms with van der Waals surface area (Å²) < 4.78 is 26.2. The third-order valence-corrected chi connectivity index (χ3v) is 3.37. The Morgan fingerprint density at radius 1 is 1.08 bits per heavy atom. The molecule has 2 aromatic carbocycles. The van der Waals surface area contributed by atoms with Gasteiger partial charge in [-0.15, -0.1) is 0 Å². The van der Waals surface area contributed by atoms with Gasteiger partial charge in [0.15, 0.2) is 0 Å². The van der Waals surface area contributed by atoms with Crippen molar-refractivity contribution < 1.29 is 23.5 Å². The first kappa shape index (κ1) is 17.6. The van der Waals surface area contributed by atoms with Crippen LogP contribution in [0.5, 0.6) is 0 Å². The standard InChI is InChI=1S/C17H16F2N2O3/c1-17(24,11-5-3-2-4-6-11)10-20-15(22)16(23)21-14-8-7-12(18)9-13(14)19/h2-9,24H,10H2,1H3,(H,20,22)(H,21,23). The number of carbonyl (C=O) groups excluding carboxylic acids is 2. The molecule has 0 saturated carbocycles. The molecule has 24 heavy (non-hydrogen) atoms. The van der Waals surface area contributed by atoms with Gasteiger partial charge in [-0.3, -0.25) is 9.59 Å². The molecule has 5 nitrogen and oxygen atoms in total. The summed E-state index contributed by atoms with van der Waals surface area (Å²) in [6, 6.07) is 11.2. The smallest absolute Gasteiger partial charge is 0.313 e. The number of hydrogen-bond donors (Lipinski definition) is 3. The molecule has 0 radical (unpaired) electrons. The van der Waals surface area contributed by atoms with Crippen molar-refractivity contribution in [3.63, 3.8) is 0 Å². The minimum Gasteiger partial charge on any atom is -0.384 e. The molecule has 0 spiro atoms. The lowest BCUT2D eigenvalue weighted by atomic mass is 9.96. The first-order valence-corrected chi connectivity index (χ1v) is 7.12. The third-order valence-electron chi connectivity index (χ3n) is 3.37. The van der Waals surface area contributed by atoms with Gasteiger partial charge >= 0.3 is 11.8 Å². The highest BCUT2D eigenvalue weighted by Gasteiger charge is 2.25. The Bertz CT molecular complexity index is 749. The number of amides is 2. The van der Waals surface area contributed by atoms with Crippen LogP contribution in [-0.2, 0) is 15.2 Å².